The summed E-state index contributed by atoms with van der Waals surface area (Å²) < 4.78 is 12.6. The van der Waals surface area contributed by atoms with Crippen LogP contribution in [0.3, 0.4) is 0 Å². The molecular formula is C40H58N2O4Si. The second-order valence-corrected chi connectivity index (χ2v) is 20.3. The highest BCUT2D eigenvalue weighted by atomic mass is 28.4. The number of aryl methyl sites for hydroxylation is 3. The molecule has 6 nitrogen and oxygen atoms in total. The molecule has 0 bridgehead atoms. The monoisotopic (exact) mass is 658 g/mol. The third-order valence-corrected chi connectivity index (χ3v) is 15.0. The third-order valence-electron chi connectivity index (χ3n) is 8.99. The molecule has 7 heteroatoms. The number of hydrogen-bond donors (Lipinski definition) is 1. The van der Waals surface area contributed by atoms with E-state index in [1.165, 1.54) is 5.56 Å². The quantitative estimate of drug-likeness (QED) is 0.130. The van der Waals surface area contributed by atoms with Crippen LogP contribution in [0.4, 0.5) is 5.69 Å². The number of hydrogen-bond acceptors (Lipinski definition) is 5. The molecule has 0 aliphatic rings. The summed E-state index contributed by atoms with van der Waals surface area (Å²) in [6.07, 6.45) is 2.68. The first-order valence-corrected chi connectivity index (χ1v) is 19.3. The molecule has 0 heterocycles. The second kappa shape index (κ2) is 16.5. The minimum Gasteiger partial charge on any atom is -0.543 e. The number of ether oxygens (including phenoxy) is 1. The lowest BCUT2D eigenvalue weighted by Gasteiger charge is -2.42. The van der Waals surface area contributed by atoms with Crippen LogP contribution in [-0.2, 0) is 28.8 Å². The van der Waals surface area contributed by atoms with Crippen molar-refractivity contribution < 1.29 is 18.8 Å². The molecule has 3 rings (SSSR count). The summed E-state index contributed by atoms with van der Waals surface area (Å²) in [5.74, 6) is 0.250. The lowest BCUT2D eigenvalue weighted by Crippen LogP contribution is -2.50. The van der Waals surface area contributed by atoms with Gasteiger partial charge < -0.3 is 19.4 Å². The summed E-state index contributed by atoms with van der Waals surface area (Å²) in [6, 6.07) is 23.6. The molecule has 0 unspecified atom stereocenters. The predicted molar refractivity (Wildman–Crippen MR) is 198 cm³/mol. The third kappa shape index (κ3) is 10.5. The van der Waals surface area contributed by atoms with Gasteiger partial charge in [-0.2, -0.15) is 0 Å². The van der Waals surface area contributed by atoms with Gasteiger partial charge in [0.2, 0.25) is 0 Å². The van der Waals surface area contributed by atoms with Crippen molar-refractivity contribution in [3.8, 4) is 5.75 Å². The molecule has 1 atom stereocenters. The van der Waals surface area contributed by atoms with Crippen LogP contribution in [-0.4, -0.2) is 45.9 Å². The molecule has 0 saturated carbocycles. The van der Waals surface area contributed by atoms with Crippen LogP contribution < -0.4 is 14.6 Å². The number of carbonyl (C=O) groups excluding carboxylic acids is 2. The van der Waals surface area contributed by atoms with Crippen LogP contribution in [0.15, 0.2) is 72.8 Å². The van der Waals surface area contributed by atoms with Gasteiger partial charge in [-0.15, -0.1) is 0 Å². The van der Waals surface area contributed by atoms with Gasteiger partial charge in [-0.1, -0.05) is 84.0 Å². The Kier molecular flexibility index (Phi) is 13.3. The molecule has 3 aromatic carbocycles. The molecule has 0 aliphatic carbocycles. The zero-order valence-electron chi connectivity index (χ0n) is 30.6. The Bertz CT molecular complexity index is 1420. The summed E-state index contributed by atoms with van der Waals surface area (Å²) in [5.41, 5.74) is 5.88. The summed E-state index contributed by atoms with van der Waals surface area (Å²) in [5, 5.41) is 2.99. The molecule has 0 aromatic heterocycles. The van der Waals surface area contributed by atoms with Crippen LogP contribution in [0.5, 0.6) is 5.75 Å². The van der Waals surface area contributed by atoms with Gasteiger partial charge in [-0.25, -0.2) is 4.79 Å². The highest BCUT2D eigenvalue weighted by Gasteiger charge is 2.47. The molecular weight excluding hydrogens is 601 g/mol. The molecule has 1 N–H and O–H groups in total. The fraction of sp³-hybridized carbons (Fsp3) is 0.500. The van der Waals surface area contributed by atoms with Gasteiger partial charge in [-0.05, 0) is 110 Å². The van der Waals surface area contributed by atoms with Crippen LogP contribution in [0.25, 0.3) is 0 Å². The van der Waals surface area contributed by atoms with E-state index in [0.717, 1.165) is 35.4 Å². The summed E-state index contributed by atoms with van der Waals surface area (Å²) in [6.45, 7) is 19.3. The van der Waals surface area contributed by atoms with E-state index in [0.29, 0.717) is 35.0 Å². The topological polar surface area (TPSA) is 67.9 Å². The van der Waals surface area contributed by atoms with E-state index < -0.39 is 25.9 Å². The number of benzene rings is 3. The maximum Gasteiger partial charge on any atom is 0.329 e. The molecule has 3 aromatic rings. The Morgan fingerprint density at radius 3 is 1.87 bits per heavy atom. The first-order valence-electron chi connectivity index (χ1n) is 17.2. The Hall–Kier alpha value is -3.58. The van der Waals surface area contributed by atoms with Crippen molar-refractivity contribution in [1.29, 1.82) is 0 Å². The lowest BCUT2D eigenvalue weighted by atomic mass is 9.99. The van der Waals surface area contributed by atoms with Crippen LogP contribution in [0.2, 0.25) is 16.6 Å². The number of nitrogens with zero attached hydrogens (tertiary/aromatic N) is 1. The van der Waals surface area contributed by atoms with Crippen molar-refractivity contribution >= 4 is 25.9 Å². The molecule has 1 amide bonds. The van der Waals surface area contributed by atoms with Gasteiger partial charge in [-0.3, -0.25) is 4.79 Å². The van der Waals surface area contributed by atoms with Crippen molar-refractivity contribution in [3.63, 3.8) is 0 Å². The number of rotatable bonds is 15. The first kappa shape index (κ1) is 37.9. The van der Waals surface area contributed by atoms with Crippen molar-refractivity contribution in [2.24, 2.45) is 0 Å². The standard InChI is InChI=1S/C40H58N2O4Si/c1-28(2)47(29(3)4,30(5)6)46-35-23-18-32(19-24-35)17-21-33-27-34(22-26-37(33)42(10)11)38(43)41-36(39(44)45-40(7,8)9)25-20-31-15-13-12-14-16-31/h12-16,18-19,22-24,26-30,36H,17,20-21,25H2,1-11H3,(H,41,43)/t36-/m0/s1. The van der Waals surface area contributed by atoms with E-state index in [1.54, 1.807) is 0 Å². The second-order valence-electron chi connectivity index (χ2n) is 14.9. The maximum absolute atomic E-state index is 13.6. The highest BCUT2D eigenvalue weighted by Crippen LogP contribution is 2.42. The van der Waals surface area contributed by atoms with Gasteiger partial charge in [0.15, 0.2) is 0 Å². The fourth-order valence-electron chi connectivity index (χ4n) is 6.74. The minimum atomic E-state index is -2.02. The zero-order valence-corrected chi connectivity index (χ0v) is 31.6. The van der Waals surface area contributed by atoms with E-state index in [9.17, 15) is 9.59 Å². The van der Waals surface area contributed by atoms with Gasteiger partial charge in [0, 0.05) is 25.3 Å². The van der Waals surface area contributed by atoms with Crippen LogP contribution in [0.1, 0.15) is 95.8 Å². The largest absolute Gasteiger partial charge is 0.543 e. The number of amides is 1. The van der Waals surface area contributed by atoms with Gasteiger partial charge in [0.1, 0.15) is 17.4 Å². The molecule has 0 aliphatic heterocycles. The van der Waals surface area contributed by atoms with Gasteiger partial charge >= 0.3 is 5.97 Å². The van der Waals surface area contributed by atoms with E-state index in [4.69, 9.17) is 9.16 Å². The summed E-state index contributed by atoms with van der Waals surface area (Å²) in [4.78, 5) is 28.8. The predicted octanol–water partition coefficient (Wildman–Crippen LogP) is 9.17. The van der Waals surface area contributed by atoms with Crippen molar-refractivity contribution in [1.82, 2.24) is 5.32 Å². The van der Waals surface area contributed by atoms with Gasteiger partial charge in [0.05, 0.1) is 0 Å². The Morgan fingerprint density at radius 2 is 1.34 bits per heavy atom. The SMILES string of the molecule is CC(C)[Si](Oc1ccc(CCc2cc(C(=O)N[C@@H](CCc3ccccc3)C(=O)OC(C)(C)C)ccc2N(C)C)cc1)(C(C)C)C(C)C. The van der Waals surface area contributed by atoms with Gasteiger partial charge in [0.25, 0.3) is 14.2 Å². The Morgan fingerprint density at radius 1 is 0.766 bits per heavy atom. The lowest BCUT2D eigenvalue weighted by molar-refractivity contribution is -0.157. The van der Waals surface area contributed by atoms with E-state index in [2.05, 4.69) is 76.0 Å². The van der Waals surface area contributed by atoms with Crippen LogP contribution >= 0.6 is 0 Å². The Balaban J connectivity index is 1.77. The molecule has 0 saturated heterocycles. The van der Waals surface area contributed by atoms with Crippen molar-refractivity contribution in [2.75, 3.05) is 19.0 Å². The zero-order chi connectivity index (χ0) is 34.9. The summed E-state index contributed by atoms with van der Waals surface area (Å²) in [7, 11) is 2.01. The first-order chi connectivity index (χ1) is 22.0. The minimum absolute atomic E-state index is 0.282. The molecule has 0 spiro atoms. The van der Waals surface area contributed by atoms with Crippen molar-refractivity contribution in [3.05, 3.63) is 95.1 Å². The number of esters is 1. The van der Waals surface area contributed by atoms with Crippen molar-refractivity contribution in [2.45, 2.75) is 116 Å². The molecule has 0 radical (unpaired) electrons. The number of nitrogens with one attached hydrogen (secondary N) is 1. The Labute approximate surface area is 285 Å². The van der Waals surface area contributed by atoms with E-state index in [-0.39, 0.29) is 5.91 Å². The summed E-state index contributed by atoms with van der Waals surface area (Å²) >= 11 is 0. The average Bonchev–Trinajstić information content (AvgIpc) is 3.00. The van der Waals surface area contributed by atoms with Crippen LogP contribution in [0, 0.1) is 0 Å². The normalized spacial score (nSPS) is 12.7. The number of carbonyl (C=O) groups is 2. The molecule has 0 fully saturated rings. The fourth-order valence-corrected chi connectivity index (χ4v) is 12.0. The highest BCUT2D eigenvalue weighted by molar-refractivity contribution is 6.78. The van der Waals surface area contributed by atoms with E-state index in [1.807, 2.05) is 83.4 Å². The molecule has 47 heavy (non-hydrogen) atoms. The maximum atomic E-state index is 13.6. The molecule has 256 valence electrons. The number of anilines is 1. The average molecular weight is 659 g/mol. The smallest absolute Gasteiger partial charge is 0.329 e. The van der Waals surface area contributed by atoms with E-state index >= 15 is 0 Å².